The summed E-state index contributed by atoms with van der Waals surface area (Å²) in [4.78, 5) is 11.7. The zero-order valence-electron chi connectivity index (χ0n) is 11.4. The largest absolute Gasteiger partial charge is 0.444 e. The summed E-state index contributed by atoms with van der Waals surface area (Å²) in [5, 5.41) is 8.94. The number of rotatable bonds is 2. The lowest BCUT2D eigenvalue weighted by Gasteiger charge is -1.99. The van der Waals surface area contributed by atoms with Crippen molar-refractivity contribution < 1.29 is 4.42 Å². The van der Waals surface area contributed by atoms with Crippen LogP contribution in [0.2, 0.25) is 0 Å². The zero-order valence-corrected chi connectivity index (χ0v) is 11.4. The number of aromatic nitrogens is 3. The zero-order chi connectivity index (χ0) is 14.9. The Morgan fingerprint density at radius 2 is 1.86 bits per heavy atom. The lowest BCUT2D eigenvalue weighted by atomic mass is 10.1. The molecule has 0 amide bonds. The van der Waals surface area contributed by atoms with Gasteiger partial charge >= 0.3 is 0 Å². The maximum Gasteiger partial charge on any atom is 0.181 e. The van der Waals surface area contributed by atoms with Gasteiger partial charge in [-0.2, -0.15) is 5.26 Å². The molecule has 0 fully saturated rings. The van der Waals surface area contributed by atoms with Crippen LogP contribution in [-0.2, 0) is 0 Å². The topological polar surface area (TPSA) is 78.5 Å². The van der Waals surface area contributed by atoms with E-state index in [0.717, 1.165) is 33.7 Å². The molecule has 0 unspecified atom stereocenters. The normalized spacial score (nSPS) is 10.7. The molecule has 0 aliphatic heterocycles. The molecular formula is C17H10N4O. The Balaban J connectivity index is 1.74. The van der Waals surface area contributed by atoms with Crippen molar-refractivity contribution in [1.29, 1.82) is 5.26 Å². The van der Waals surface area contributed by atoms with Gasteiger partial charge in [0.1, 0.15) is 5.82 Å². The SMILES string of the molecule is N#Cc1ccc2nc(-c3ccc(-c4cnco4)cc3)[nH]c2c1. The highest BCUT2D eigenvalue weighted by atomic mass is 16.3. The van der Waals surface area contributed by atoms with Gasteiger partial charge in [-0.3, -0.25) is 0 Å². The van der Waals surface area contributed by atoms with Crippen molar-refractivity contribution in [3.05, 3.63) is 60.6 Å². The first-order chi connectivity index (χ1) is 10.8. The van der Waals surface area contributed by atoms with E-state index in [-0.39, 0.29) is 0 Å². The minimum absolute atomic E-state index is 0.614. The lowest BCUT2D eigenvalue weighted by molar-refractivity contribution is 0.572. The first kappa shape index (κ1) is 12.4. The number of oxazole rings is 1. The smallest absolute Gasteiger partial charge is 0.181 e. The Morgan fingerprint density at radius 1 is 1.05 bits per heavy atom. The molecule has 0 atom stereocenters. The molecule has 104 valence electrons. The number of nitrogens with one attached hydrogen (secondary N) is 1. The van der Waals surface area contributed by atoms with E-state index in [0.29, 0.717) is 5.56 Å². The van der Waals surface area contributed by atoms with Gasteiger partial charge in [-0.15, -0.1) is 0 Å². The van der Waals surface area contributed by atoms with Crippen LogP contribution in [0.25, 0.3) is 33.7 Å². The van der Waals surface area contributed by atoms with Gasteiger partial charge in [0.05, 0.1) is 28.9 Å². The van der Waals surface area contributed by atoms with Crippen molar-refractivity contribution in [2.75, 3.05) is 0 Å². The van der Waals surface area contributed by atoms with Crippen LogP contribution in [0.3, 0.4) is 0 Å². The van der Waals surface area contributed by atoms with E-state index in [1.54, 1.807) is 18.3 Å². The average Bonchev–Trinajstić information content (AvgIpc) is 3.23. The molecule has 0 saturated heterocycles. The van der Waals surface area contributed by atoms with Crippen LogP contribution in [0.5, 0.6) is 0 Å². The predicted octanol–water partition coefficient (Wildman–Crippen LogP) is 3.76. The Labute approximate surface area is 125 Å². The van der Waals surface area contributed by atoms with E-state index in [9.17, 15) is 0 Å². The van der Waals surface area contributed by atoms with Crippen LogP contribution in [0.1, 0.15) is 5.56 Å². The van der Waals surface area contributed by atoms with Crippen molar-refractivity contribution >= 4 is 11.0 Å². The van der Waals surface area contributed by atoms with Crippen molar-refractivity contribution in [3.63, 3.8) is 0 Å². The quantitative estimate of drug-likeness (QED) is 0.608. The fraction of sp³-hybridized carbons (Fsp3) is 0. The number of nitriles is 1. The highest BCUT2D eigenvalue weighted by Gasteiger charge is 2.07. The van der Waals surface area contributed by atoms with Crippen molar-refractivity contribution in [1.82, 2.24) is 15.0 Å². The van der Waals surface area contributed by atoms with Crippen LogP contribution in [0.15, 0.2) is 59.5 Å². The van der Waals surface area contributed by atoms with E-state index >= 15 is 0 Å². The molecule has 5 heteroatoms. The Hall–Kier alpha value is -3.39. The summed E-state index contributed by atoms with van der Waals surface area (Å²) in [6.07, 6.45) is 3.09. The molecule has 0 aliphatic carbocycles. The lowest BCUT2D eigenvalue weighted by Crippen LogP contribution is -1.81. The van der Waals surface area contributed by atoms with Gasteiger partial charge in [-0.05, 0) is 18.2 Å². The Kier molecular flexibility index (Phi) is 2.73. The number of imidazole rings is 1. The van der Waals surface area contributed by atoms with Crippen LogP contribution in [-0.4, -0.2) is 15.0 Å². The van der Waals surface area contributed by atoms with Gasteiger partial charge < -0.3 is 9.40 Å². The summed E-state index contributed by atoms with van der Waals surface area (Å²) >= 11 is 0. The van der Waals surface area contributed by atoms with Gasteiger partial charge in [-0.25, -0.2) is 9.97 Å². The molecule has 4 aromatic rings. The third kappa shape index (κ3) is 2.03. The summed E-state index contributed by atoms with van der Waals surface area (Å²) in [6.45, 7) is 0. The van der Waals surface area contributed by atoms with Crippen LogP contribution < -0.4 is 0 Å². The first-order valence-electron chi connectivity index (χ1n) is 6.73. The van der Waals surface area contributed by atoms with Gasteiger partial charge in [0.25, 0.3) is 0 Å². The summed E-state index contributed by atoms with van der Waals surface area (Å²) < 4.78 is 5.27. The van der Waals surface area contributed by atoms with E-state index in [1.807, 2.05) is 30.3 Å². The molecule has 2 aromatic carbocycles. The third-order valence-corrected chi connectivity index (χ3v) is 3.49. The maximum atomic E-state index is 8.94. The number of hydrogen-bond acceptors (Lipinski definition) is 4. The van der Waals surface area contributed by atoms with Crippen LogP contribution in [0.4, 0.5) is 0 Å². The van der Waals surface area contributed by atoms with Crippen LogP contribution >= 0.6 is 0 Å². The van der Waals surface area contributed by atoms with Gasteiger partial charge in [0.15, 0.2) is 12.2 Å². The second-order valence-electron chi connectivity index (χ2n) is 4.87. The highest BCUT2D eigenvalue weighted by Crippen LogP contribution is 2.25. The molecule has 0 saturated carbocycles. The maximum absolute atomic E-state index is 8.94. The molecule has 5 nitrogen and oxygen atoms in total. The molecule has 22 heavy (non-hydrogen) atoms. The number of aromatic amines is 1. The number of hydrogen-bond donors (Lipinski definition) is 1. The monoisotopic (exact) mass is 286 g/mol. The molecule has 0 aliphatic rings. The molecule has 0 spiro atoms. The minimum Gasteiger partial charge on any atom is -0.444 e. The number of fused-ring (bicyclic) bond motifs is 1. The fourth-order valence-corrected chi connectivity index (χ4v) is 2.37. The third-order valence-electron chi connectivity index (χ3n) is 3.49. The van der Waals surface area contributed by atoms with Crippen LogP contribution in [0, 0.1) is 11.3 Å². The Morgan fingerprint density at radius 3 is 2.59 bits per heavy atom. The summed E-state index contributed by atoms with van der Waals surface area (Å²) in [6, 6.07) is 15.4. The predicted molar refractivity (Wildman–Crippen MR) is 81.7 cm³/mol. The second kappa shape index (κ2) is 4.86. The van der Waals surface area contributed by atoms with Gasteiger partial charge in [0, 0.05) is 11.1 Å². The summed E-state index contributed by atoms with van der Waals surface area (Å²) in [7, 11) is 0. The van der Waals surface area contributed by atoms with Crippen molar-refractivity contribution in [2.24, 2.45) is 0 Å². The molecule has 0 radical (unpaired) electrons. The van der Waals surface area contributed by atoms with Crippen molar-refractivity contribution in [3.8, 4) is 28.8 Å². The highest BCUT2D eigenvalue weighted by molar-refractivity contribution is 5.81. The molecule has 0 bridgehead atoms. The van der Waals surface area contributed by atoms with E-state index in [1.165, 1.54) is 6.39 Å². The Bertz CT molecular complexity index is 976. The average molecular weight is 286 g/mol. The summed E-state index contributed by atoms with van der Waals surface area (Å²) in [5.41, 5.74) is 4.24. The van der Waals surface area contributed by atoms with Gasteiger partial charge in [-0.1, -0.05) is 24.3 Å². The minimum atomic E-state index is 0.614. The summed E-state index contributed by atoms with van der Waals surface area (Å²) in [5.74, 6) is 1.50. The first-order valence-corrected chi connectivity index (χ1v) is 6.73. The number of benzene rings is 2. The molecule has 1 N–H and O–H groups in total. The van der Waals surface area contributed by atoms with E-state index < -0.39 is 0 Å². The van der Waals surface area contributed by atoms with E-state index in [4.69, 9.17) is 9.68 Å². The second-order valence-corrected chi connectivity index (χ2v) is 4.87. The van der Waals surface area contributed by atoms with Gasteiger partial charge in [0.2, 0.25) is 0 Å². The van der Waals surface area contributed by atoms with E-state index in [2.05, 4.69) is 21.0 Å². The number of nitrogens with zero attached hydrogens (tertiary/aromatic N) is 3. The standard InChI is InChI=1S/C17H10N4O/c18-8-11-1-6-14-15(7-11)21-17(20-14)13-4-2-12(3-5-13)16-9-19-10-22-16/h1-7,9-10H,(H,20,21). The molecule has 2 heterocycles. The fourth-order valence-electron chi connectivity index (χ4n) is 2.37. The number of H-pyrrole nitrogens is 1. The van der Waals surface area contributed by atoms with Crippen molar-refractivity contribution in [2.45, 2.75) is 0 Å². The molecule has 4 rings (SSSR count). The molecule has 2 aromatic heterocycles. The molecular weight excluding hydrogens is 276 g/mol.